The van der Waals surface area contributed by atoms with Gasteiger partial charge in [0, 0.05) is 12.7 Å². The van der Waals surface area contributed by atoms with Crippen molar-refractivity contribution in [3.8, 4) is 6.07 Å². The maximum atomic E-state index is 12.5. The molecule has 1 aromatic heterocycles. The van der Waals surface area contributed by atoms with E-state index in [0.717, 1.165) is 0 Å². The predicted octanol–water partition coefficient (Wildman–Crippen LogP) is 2.11. The minimum absolute atomic E-state index is 0.418. The van der Waals surface area contributed by atoms with E-state index in [4.69, 9.17) is 5.26 Å². The molecule has 0 radical (unpaired) electrons. The summed E-state index contributed by atoms with van der Waals surface area (Å²) in [5.74, 6) is 0.524. The van der Waals surface area contributed by atoms with Crippen molar-refractivity contribution in [3.05, 3.63) is 23.9 Å². The van der Waals surface area contributed by atoms with Gasteiger partial charge in [-0.25, -0.2) is 9.37 Å². The van der Waals surface area contributed by atoms with Gasteiger partial charge in [-0.15, -0.1) is 0 Å². The molecule has 1 N–H and O–H groups in total. The number of alkyl halides is 1. The van der Waals surface area contributed by atoms with Crippen LogP contribution in [0.1, 0.15) is 18.9 Å². The Morgan fingerprint density at radius 2 is 2.50 bits per heavy atom. The van der Waals surface area contributed by atoms with Crippen LogP contribution in [-0.2, 0) is 0 Å². The van der Waals surface area contributed by atoms with Crippen LogP contribution in [0.25, 0.3) is 0 Å². The van der Waals surface area contributed by atoms with E-state index in [1.807, 2.05) is 6.07 Å². The normalized spacial score (nSPS) is 11.8. The number of aromatic nitrogens is 1. The summed E-state index contributed by atoms with van der Waals surface area (Å²) in [6.07, 6.45) is 1.18. The first-order valence-electron chi connectivity index (χ1n) is 4.47. The lowest BCUT2D eigenvalue weighted by molar-refractivity contribution is 0.348. The summed E-state index contributed by atoms with van der Waals surface area (Å²) < 4.78 is 12.5. The summed E-state index contributed by atoms with van der Waals surface area (Å²) in [5.41, 5.74) is 0.485. The van der Waals surface area contributed by atoms with Gasteiger partial charge in [0.1, 0.15) is 11.9 Å². The van der Waals surface area contributed by atoms with Crippen molar-refractivity contribution in [2.75, 3.05) is 11.9 Å². The minimum Gasteiger partial charge on any atom is -0.369 e. The maximum absolute atomic E-state index is 12.5. The molecule has 1 aromatic rings. The molecule has 0 spiro atoms. The Morgan fingerprint density at radius 3 is 3.14 bits per heavy atom. The molecule has 0 aromatic carbocycles. The topological polar surface area (TPSA) is 48.7 Å². The molecule has 0 aliphatic heterocycles. The lowest BCUT2D eigenvalue weighted by Gasteiger charge is -2.06. The number of halogens is 1. The molecule has 0 amide bonds. The second-order valence-corrected chi connectivity index (χ2v) is 3.01. The number of rotatable bonds is 4. The van der Waals surface area contributed by atoms with Crippen LogP contribution in [0, 0.1) is 11.3 Å². The molecule has 0 bridgehead atoms. The van der Waals surface area contributed by atoms with E-state index in [-0.39, 0.29) is 0 Å². The van der Waals surface area contributed by atoms with Crippen LogP contribution >= 0.6 is 0 Å². The molecule has 0 fully saturated rings. The fraction of sp³-hybridized carbons (Fsp3) is 0.400. The summed E-state index contributed by atoms with van der Waals surface area (Å²) in [6.45, 7) is 1.99. The van der Waals surface area contributed by atoms with Crippen LogP contribution in [0.5, 0.6) is 0 Å². The first-order chi connectivity index (χ1) is 6.74. The van der Waals surface area contributed by atoms with Crippen molar-refractivity contribution in [1.82, 2.24) is 4.98 Å². The number of hydrogen-bond donors (Lipinski definition) is 1. The van der Waals surface area contributed by atoms with Gasteiger partial charge in [0.2, 0.25) is 0 Å². The highest BCUT2D eigenvalue weighted by Crippen LogP contribution is 2.09. The van der Waals surface area contributed by atoms with Crippen molar-refractivity contribution >= 4 is 5.82 Å². The molecular weight excluding hydrogens is 181 g/mol. The average molecular weight is 193 g/mol. The van der Waals surface area contributed by atoms with Gasteiger partial charge in [0.15, 0.2) is 0 Å². The first-order valence-corrected chi connectivity index (χ1v) is 4.47. The quantitative estimate of drug-likeness (QED) is 0.796. The molecule has 1 unspecified atom stereocenters. The predicted molar refractivity (Wildman–Crippen MR) is 52.6 cm³/mol. The van der Waals surface area contributed by atoms with E-state index < -0.39 is 6.17 Å². The van der Waals surface area contributed by atoms with Crippen molar-refractivity contribution in [2.24, 2.45) is 0 Å². The Morgan fingerprint density at radius 1 is 1.71 bits per heavy atom. The fourth-order valence-corrected chi connectivity index (χ4v) is 1.03. The molecule has 3 nitrogen and oxygen atoms in total. The molecule has 1 atom stereocenters. The standard InChI is InChI=1S/C10H12FN3/c1-8(11)4-6-14-10-9(7-12)3-2-5-13-10/h2-3,5,8H,4,6H2,1H3,(H,13,14). The van der Waals surface area contributed by atoms with Gasteiger partial charge >= 0.3 is 0 Å². The molecule has 74 valence electrons. The Balaban J connectivity index is 2.54. The van der Waals surface area contributed by atoms with Crippen molar-refractivity contribution in [3.63, 3.8) is 0 Å². The molecule has 14 heavy (non-hydrogen) atoms. The van der Waals surface area contributed by atoms with Gasteiger partial charge < -0.3 is 5.32 Å². The number of nitrogens with one attached hydrogen (secondary N) is 1. The minimum atomic E-state index is -0.836. The molecule has 0 saturated heterocycles. The zero-order valence-corrected chi connectivity index (χ0v) is 8.00. The van der Waals surface area contributed by atoms with Gasteiger partial charge in [-0.2, -0.15) is 5.26 Å². The Kier molecular flexibility index (Phi) is 3.86. The third kappa shape index (κ3) is 3.02. The largest absolute Gasteiger partial charge is 0.369 e. The average Bonchev–Trinajstić information content (AvgIpc) is 2.18. The third-order valence-electron chi connectivity index (χ3n) is 1.76. The van der Waals surface area contributed by atoms with E-state index in [1.165, 1.54) is 6.92 Å². The van der Waals surface area contributed by atoms with E-state index in [0.29, 0.717) is 24.3 Å². The van der Waals surface area contributed by atoms with Gasteiger partial charge in [0.25, 0.3) is 0 Å². The monoisotopic (exact) mass is 193 g/mol. The Labute approximate surface area is 82.6 Å². The SMILES string of the molecule is CC(F)CCNc1ncccc1C#N. The zero-order valence-electron chi connectivity index (χ0n) is 8.00. The summed E-state index contributed by atoms with van der Waals surface area (Å²) in [7, 11) is 0. The van der Waals surface area contributed by atoms with E-state index >= 15 is 0 Å². The van der Waals surface area contributed by atoms with Crippen LogP contribution in [0.4, 0.5) is 10.2 Å². The summed E-state index contributed by atoms with van der Waals surface area (Å²) >= 11 is 0. The van der Waals surface area contributed by atoms with Crippen molar-refractivity contribution in [2.45, 2.75) is 19.5 Å². The third-order valence-corrected chi connectivity index (χ3v) is 1.76. The highest BCUT2D eigenvalue weighted by Gasteiger charge is 2.02. The molecule has 1 rings (SSSR count). The second-order valence-electron chi connectivity index (χ2n) is 3.01. The van der Waals surface area contributed by atoms with Gasteiger partial charge in [-0.05, 0) is 25.5 Å². The highest BCUT2D eigenvalue weighted by atomic mass is 19.1. The van der Waals surface area contributed by atoms with Crippen LogP contribution in [0.15, 0.2) is 18.3 Å². The molecule has 0 saturated carbocycles. The van der Waals surface area contributed by atoms with Gasteiger partial charge in [-0.1, -0.05) is 0 Å². The van der Waals surface area contributed by atoms with E-state index in [1.54, 1.807) is 18.3 Å². The van der Waals surface area contributed by atoms with E-state index in [9.17, 15) is 4.39 Å². The molecular formula is C10H12FN3. The maximum Gasteiger partial charge on any atom is 0.143 e. The Bertz CT molecular complexity index is 330. The van der Waals surface area contributed by atoms with Gasteiger partial charge in [0.05, 0.1) is 11.7 Å². The number of nitriles is 1. The molecule has 1 heterocycles. The molecule has 0 aliphatic rings. The highest BCUT2D eigenvalue weighted by molar-refractivity contribution is 5.50. The molecule has 0 aliphatic carbocycles. The second kappa shape index (κ2) is 5.18. The van der Waals surface area contributed by atoms with Crippen LogP contribution in [0.2, 0.25) is 0 Å². The zero-order chi connectivity index (χ0) is 10.4. The number of hydrogen-bond acceptors (Lipinski definition) is 3. The first kappa shape index (κ1) is 10.5. The van der Waals surface area contributed by atoms with Crippen molar-refractivity contribution < 1.29 is 4.39 Å². The fourth-order valence-electron chi connectivity index (χ4n) is 1.03. The van der Waals surface area contributed by atoms with Crippen LogP contribution in [-0.4, -0.2) is 17.7 Å². The number of anilines is 1. The van der Waals surface area contributed by atoms with E-state index in [2.05, 4.69) is 10.3 Å². The van der Waals surface area contributed by atoms with Crippen LogP contribution in [0.3, 0.4) is 0 Å². The number of nitrogens with zero attached hydrogens (tertiary/aromatic N) is 2. The summed E-state index contributed by atoms with van der Waals surface area (Å²) in [5, 5.41) is 11.6. The van der Waals surface area contributed by atoms with Crippen LogP contribution < -0.4 is 5.32 Å². The smallest absolute Gasteiger partial charge is 0.143 e. The lowest BCUT2D eigenvalue weighted by Crippen LogP contribution is -2.08. The summed E-state index contributed by atoms with van der Waals surface area (Å²) in [6, 6.07) is 5.39. The molecule has 4 heteroatoms. The Hall–Kier alpha value is -1.63. The van der Waals surface area contributed by atoms with Gasteiger partial charge in [-0.3, -0.25) is 0 Å². The van der Waals surface area contributed by atoms with Crippen molar-refractivity contribution in [1.29, 1.82) is 5.26 Å². The lowest BCUT2D eigenvalue weighted by atomic mass is 10.2. The number of pyridine rings is 1. The summed E-state index contributed by atoms with van der Waals surface area (Å²) in [4.78, 5) is 3.99.